The van der Waals surface area contributed by atoms with Gasteiger partial charge in [-0.1, -0.05) is 49.0 Å². The highest BCUT2D eigenvalue weighted by molar-refractivity contribution is 6.35. The minimum absolute atomic E-state index is 0.180. The lowest BCUT2D eigenvalue weighted by molar-refractivity contribution is 0.405. The van der Waals surface area contributed by atoms with E-state index in [2.05, 4.69) is 6.92 Å². The van der Waals surface area contributed by atoms with Crippen molar-refractivity contribution in [1.29, 1.82) is 0 Å². The van der Waals surface area contributed by atoms with Crippen molar-refractivity contribution in [2.75, 3.05) is 0 Å². The van der Waals surface area contributed by atoms with Crippen LogP contribution in [0.3, 0.4) is 0 Å². The van der Waals surface area contributed by atoms with Gasteiger partial charge < -0.3 is 5.73 Å². The number of nitrogens with two attached hydrogens (primary N) is 1. The Balaban J connectivity index is 2.01. The van der Waals surface area contributed by atoms with E-state index < -0.39 is 0 Å². The Bertz CT molecular complexity index is 385. The fraction of sp³-hybridized carbons (Fsp3) is 0.600. The SMILES string of the molecule is CCC1CCC(C(N)Cc2c(Cl)cccc2Cl)C1. The number of hydrogen-bond donors (Lipinski definition) is 1. The molecule has 1 nitrogen and oxygen atoms in total. The van der Waals surface area contributed by atoms with Crippen molar-refractivity contribution in [3.8, 4) is 0 Å². The van der Waals surface area contributed by atoms with Gasteiger partial charge in [-0.2, -0.15) is 0 Å². The highest BCUT2D eigenvalue weighted by Crippen LogP contribution is 2.36. The van der Waals surface area contributed by atoms with E-state index in [1.807, 2.05) is 18.2 Å². The molecule has 3 heteroatoms. The summed E-state index contributed by atoms with van der Waals surface area (Å²) in [5.74, 6) is 1.49. The smallest absolute Gasteiger partial charge is 0.0453 e. The molecule has 1 aromatic carbocycles. The normalized spacial score (nSPS) is 25.3. The minimum Gasteiger partial charge on any atom is -0.327 e. The van der Waals surface area contributed by atoms with Crippen molar-refractivity contribution in [1.82, 2.24) is 0 Å². The Morgan fingerprint density at radius 1 is 1.28 bits per heavy atom. The number of benzene rings is 1. The summed E-state index contributed by atoms with van der Waals surface area (Å²) >= 11 is 12.4. The molecule has 18 heavy (non-hydrogen) atoms. The van der Waals surface area contributed by atoms with Crippen LogP contribution < -0.4 is 5.73 Å². The van der Waals surface area contributed by atoms with E-state index >= 15 is 0 Å². The quantitative estimate of drug-likeness (QED) is 0.853. The zero-order valence-electron chi connectivity index (χ0n) is 10.8. The molecule has 0 bridgehead atoms. The molecule has 0 spiro atoms. The van der Waals surface area contributed by atoms with E-state index in [0.717, 1.165) is 27.9 Å². The molecule has 1 fully saturated rings. The summed E-state index contributed by atoms with van der Waals surface area (Å²) < 4.78 is 0. The number of rotatable bonds is 4. The van der Waals surface area contributed by atoms with Crippen LogP contribution in [0.4, 0.5) is 0 Å². The molecule has 1 aliphatic carbocycles. The molecule has 1 aromatic rings. The Labute approximate surface area is 120 Å². The first-order chi connectivity index (χ1) is 8.61. The maximum Gasteiger partial charge on any atom is 0.0453 e. The van der Waals surface area contributed by atoms with Gasteiger partial charge in [0.25, 0.3) is 0 Å². The standard InChI is InChI=1S/C15H21Cl2N/c1-2-10-6-7-11(8-10)15(18)9-12-13(16)4-3-5-14(12)17/h3-5,10-11,15H,2,6-9,18H2,1H3. The van der Waals surface area contributed by atoms with Crippen LogP contribution in [-0.2, 0) is 6.42 Å². The highest BCUT2D eigenvalue weighted by atomic mass is 35.5. The highest BCUT2D eigenvalue weighted by Gasteiger charge is 2.28. The van der Waals surface area contributed by atoms with E-state index in [1.54, 1.807) is 0 Å². The van der Waals surface area contributed by atoms with Crippen LogP contribution >= 0.6 is 23.2 Å². The third-order valence-electron chi connectivity index (χ3n) is 4.27. The number of halogens is 2. The molecule has 100 valence electrons. The number of hydrogen-bond acceptors (Lipinski definition) is 1. The molecule has 1 saturated carbocycles. The molecular weight excluding hydrogens is 265 g/mol. The average Bonchev–Trinajstić information content (AvgIpc) is 2.82. The van der Waals surface area contributed by atoms with Gasteiger partial charge in [0, 0.05) is 16.1 Å². The van der Waals surface area contributed by atoms with E-state index in [1.165, 1.54) is 25.7 Å². The molecule has 2 rings (SSSR count). The van der Waals surface area contributed by atoms with Crippen molar-refractivity contribution in [3.05, 3.63) is 33.8 Å². The van der Waals surface area contributed by atoms with Gasteiger partial charge in [-0.3, -0.25) is 0 Å². The second-order valence-electron chi connectivity index (χ2n) is 5.42. The maximum absolute atomic E-state index is 6.35. The molecule has 3 unspecified atom stereocenters. The zero-order valence-corrected chi connectivity index (χ0v) is 12.3. The van der Waals surface area contributed by atoms with Gasteiger partial charge in [0.05, 0.1) is 0 Å². The van der Waals surface area contributed by atoms with Crippen molar-refractivity contribution < 1.29 is 0 Å². The van der Waals surface area contributed by atoms with Crippen molar-refractivity contribution in [2.45, 2.75) is 45.1 Å². The molecule has 0 aliphatic heterocycles. The third-order valence-corrected chi connectivity index (χ3v) is 4.97. The van der Waals surface area contributed by atoms with E-state index in [4.69, 9.17) is 28.9 Å². The molecule has 1 aliphatic rings. The van der Waals surface area contributed by atoms with Crippen LogP contribution in [0.5, 0.6) is 0 Å². The molecule has 0 aromatic heterocycles. The predicted octanol–water partition coefficient (Wildman–Crippen LogP) is 4.69. The first-order valence-electron chi connectivity index (χ1n) is 6.80. The topological polar surface area (TPSA) is 26.0 Å². The summed E-state index contributed by atoms with van der Waals surface area (Å²) in [4.78, 5) is 0. The lowest BCUT2D eigenvalue weighted by Crippen LogP contribution is -2.31. The summed E-state index contributed by atoms with van der Waals surface area (Å²) in [5, 5.41) is 1.48. The molecule has 0 amide bonds. The molecular formula is C15H21Cl2N. The van der Waals surface area contributed by atoms with Crippen LogP contribution in [0.1, 0.15) is 38.2 Å². The second-order valence-corrected chi connectivity index (χ2v) is 6.23. The Morgan fingerprint density at radius 2 is 1.94 bits per heavy atom. The summed E-state index contributed by atoms with van der Waals surface area (Å²) in [6.07, 6.45) is 5.91. The monoisotopic (exact) mass is 285 g/mol. The van der Waals surface area contributed by atoms with Gasteiger partial charge in [0.2, 0.25) is 0 Å². The minimum atomic E-state index is 0.180. The Morgan fingerprint density at radius 3 is 2.50 bits per heavy atom. The summed E-state index contributed by atoms with van der Waals surface area (Å²) in [5.41, 5.74) is 7.36. The van der Waals surface area contributed by atoms with E-state index in [-0.39, 0.29) is 6.04 Å². The zero-order chi connectivity index (χ0) is 13.1. The molecule has 3 atom stereocenters. The van der Waals surface area contributed by atoms with Gasteiger partial charge in [-0.15, -0.1) is 0 Å². The van der Waals surface area contributed by atoms with Crippen molar-refractivity contribution in [3.63, 3.8) is 0 Å². The average molecular weight is 286 g/mol. The van der Waals surface area contributed by atoms with Crippen LogP contribution in [0.2, 0.25) is 10.0 Å². The Kier molecular flexibility index (Phi) is 4.94. The third kappa shape index (κ3) is 3.20. The summed E-state index contributed by atoms with van der Waals surface area (Å²) in [6, 6.07) is 5.83. The maximum atomic E-state index is 6.35. The molecule has 0 radical (unpaired) electrons. The fourth-order valence-corrected chi connectivity index (χ4v) is 3.55. The van der Waals surface area contributed by atoms with Crippen molar-refractivity contribution in [2.24, 2.45) is 17.6 Å². The van der Waals surface area contributed by atoms with Gasteiger partial charge in [-0.25, -0.2) is 0 Å². The van der Waals surface area contributed by atoms with Gasteiger partial charge in [-0.05, 0) is 48.8 Å². The van der Waals surface area contributed by atoms with E-state index in [9.17, 15) is 0 Å². The van der Waals surface area contributed by atoms with Gasteiger partial charge >= 0.3 is 0 Å². The lowest BCUT2D eigenvalue weighted by Gasteiger charge is -2.20. The molecule has 0 saturated heterocycles. The van der Waals surface area contributed by atoms with Crippen molar-refractivity contribution >= 4 is 23.2 Å². The van der Waals surface area contributed by atoms with Gasteiger partial charge in [0.15, 0.2) is 0 Å². The molecule has 2 N–H and O–H groups in total. The second kappa shape index (κ2) is 6.27. The summed E-state index contributed by atoms with van der Waals surface area (Å²) in [6.45, 7) is 2.27. The first-order valence-corrected chi connectivity index (χ1v) is 7.55. The largest absolute Gasteiger partial charge is 0.327 e. The van der Waals surface area contributed by atoms with Gasteiger partial charge in [0.1, 0.15) is 0 Å². The van der Waals surface area contributed by atoms with Crippen LogP contribution in [0.25, 0.3) is 0 Å². The van der Waals surface area contributed by atoms with Crippen LogP contribution in [0.15, 0.2) is 18.2 Å². The van der Waals surface area contributed by atoms with Crippen LogP contribution in [-0.4, -0.2) is 6.04 Å². The lowest BCUT2D eigenvalue weighted by atomic mass is 9.91. The molecule has 0 heterocycles. The Hall–Kier alpha value is -0.240. The first kappa shape index (κ1) is 14.2. The fourth-order valence-electron chi connectivity index (χ4n) is 3.00. The van der Waals surface area contributed by atoms with E-state index in [0.29, 0.717) is 5.92 Å². The predicted molar refractivity (Wildman–Crippen MR) is 79.3 cm³/mol. The van der Waals surface area contributed by atoms with Crippen LogP contribution in [0, 0.1) is 11.8 Å². The summed E-state index contributed by atoms with van der Waals surface area (Å²) in [7, 11) is 0.